The van der Waals surface area contributed by atoms with E-state index < -0.39 is 0 Å². The highest BCUT2D eigenvalue weighted by molar-refractivity contribution is 5.93. The summed E-state index contributed by atoms with van der Waals surface area (Å²) in [6, 6.07) is 8.65. The normalized spacial score (nSPS) is 19.1. The van der Waals surface area contributed by atoms with E-state index >= 15 is 0 Å². The van der Waals surface area contributed by atoms with E-state index in [-0.39, 0.29) is 6.61 Å². The number of anilines is 1. The predicted molar refractivity (Wildman–Crippen MR) is 86.3 cm³/mol. The van der Waals surface area contributed by atoms with Gasteiger partial charge in [0.15, 0.2) is 0 Å². The second kappa shape index (κ2) is 6.41. The molecule has 3 rings (SSSR count). The van der Waals surface area contributed by atoms with Gasteiger partial charge >= 0.3 is 0 Å². The fourth-order valence-corrected chi connectivity index (χ4v) is 3.40. The van der Waals surface area contributed by atoms with Crippen LogP contribution >= 0.6 is 0 Å². The molecule has 2 aromatic rings. The second-order valence-corrected chi connectivity index (χ2v) is 5.71. The van der Waals surface area contributed by atoms with Crippen molar-refractivity contribution in [2.24, 2.45) is 5.73 Å². The highest BCUT2D eigenvalue weighted by Gasteiger charge is 2.25. The van der Waals surface area contributed by atoms with Crippen LogP contribution in [0.15, 0.2) is 30.5 Å². The van der Waals surface area contributed by atoms with Crippen LogP contribution in [0.3, 0.4) is 0 Å². The van der Waals surface area contributed by atoms with Gasteiger partial charge in [-0.15, -0.1) is 0 Å². The van der Waals surface area contributed by atoms with Gasteiger partial charge in [-0.1, -0.05) is 18.2 Å². The molecule has 1 aromatic heterocycles. The molecule has 0 spiro atoms. The van der Waals surface area contributed by atoms with Crippen LogP contribution in [0.5, 0.6) is 0 Å². The van der Waals surface area contributed by atoms with Crippen molar-refractivity contribution in [1.29, 1.82) is 0 Å². The van der Waals surface area contributed by atoms with Crippen molar-refractivity contribution in [3.8, 4) is 0 Å². The number of hydrogen-bond donors (Lipinski definition) is 2. The Labute approximate surface area is 125 Å². The van der Waals surface area contributed by atoms with Gasteiger partial charge in [0.1, 0.15) is 0 Å². The number of rotatable bonds is 4. The lowest BCUT2D eigenvalue weighted by Crippen LogP contribution is -2.41. The Morgan fingerprint density at radius 2 is 2.14 bits per heavy atom. The van der Waals surface area contributed by atoms with Crippen LogP contribution in [0, 0.1) is 0 Å². The molecule has 0 radical (unpaired) electrons. The summed E-state index contributed by atoms with van der Waals surface area (Å²) in [5.41, 5.74) is 9.28. The maximum Gasteiger partial charge on any atom is 0.0723 e. The van der Waals surface area contributed by atoms with Crippen molar-refractivity contribution in [2.75, 3.05) is 18.1 Å². The summed E-state index contributed by atoms with van der Waals surface area (Å²) in [6.07, 6.45) is 6.30. The number of piperidine rings is 1. The third kappa shape index (κ3) is 2.74. The lowest BCUT2D eigenvalue weighted by atomic mass is 9.96. The Morgan fingerprint density at radius 3 is 2.95 bits per heavy atom. The Morgan fingerprint density at radius 1 is 1.29 bits per heavy atom. The number of fused-ring (bicyclic) bond motifs is 1. The Bertz CT molecular complexity index is 612. The number of aliphatic hydroxyl groups excluding tert-OH is 1. The summed E-state index contributed by atoms with van der Waals surface area (Å²) < 4.78 is 0. The molecule has 1 aromatic carbocycles. The van der Waals surface area contributed by atoms with Gasteiger partial charge in [0, 0.05) is 42.9 Å². The molecular weight excluding hydrogens is 262 g/mol. The van der Waals surface area contributed by atoms with E-state index in [1.54, 1.807) is 0 Å². The zero-order valence-electron chi connectivity index (χ0n) is 12.3. The molecule has 0 bridgehead atoms. The van der Waals surface area contributed by atoms with Crippen molar-refractivity contribution in [3.05, 3.63) is 36.0 Å². The van der Waals surface area contributed by atoms with Crippen molar-refractivity contribution in [1.82, 2.24) is 4.98 Å². The van der Waals surface area contributed by atoms with Crippen molar-refractivity contribution in [3.63, 3.8) is 0 Å². The summed E-state index contributed by atoms with van der Waals surface area (Å²) in [7, 11) is 0. The Kier molecular flexibility index (Phi) is 4.36. The predicted octanol–water partition coefficient (Wildman–Crippen LogP) is 2.43. The second-order valence-electron chi connectivity index (χ2n) is 5.71. The number of para-hydroxylation sites is 1. The third-order valence-corrected chi connectivity index (χ3v) is 4.42. The molecule has 112 valence electrons. The van der Waals surface area contributed by atoms with Crippen LogP contribution in [0.25, 0.3) is 10.9 Å². The first-order chi connectivity index (χ1) is 10.3. The molecular formula is C17H23N3O. The van der Waals surface area contributed by atoms with Crippen molar-refractivity contribution in [2.45, 2.75) is 38.3 Å². The van der Waals surface area contributed by atoms with Crippen LogP contribution in [-0.4, -0.2) is 29.3 Å². The van der Waals surface area contributed by atoms with Gasteiger partial charge in [-0.25, -0.2) is 0 Å². The van der Waals surface area contributed by atoms with Gasteiger partial charge in [0.05, 0.1) is 11.2 Å². The molecule has 1 aliphatic heterocycles. The van der Waals surface area contributed by atoms with Crippen LogP contribution in [-0.2, 0) is 6.54 Å². The molecule has 1 atom stereocenters. The fourth-order valence-electron chi connectivity index (χ4n) is 3.40. The van der Waals surface area contributed by atoms with Gasteiger partial charge in [0.2, 0.25) is 0 Å². The molecule has 0 amide bonds. The Hall–Kier alpha value is -1.65. The van der Waals surface area contributed by atoms with E-state index in [0.29, 0.717) is 12.6 Å². The number of aromatic nitrogens is 1. The molecule has 1 saturated heterocycles. The molecule has 0 aliphatic carbocycles. The van der Waals surface area contributed by atoms with Crippen molar-refractivity contribution < 1.29 is 5.11 Å². The molecule has 1 fully saturated rings. The molecule has 1 unspecified atom stereocenters. The first-order valence-corrected chi connectivity index (χ1v) is 7.79. The van der Waals surface area contributed by atoms with E-state index in [9.17, 15) is 5.11 Å². The number of hydrogen-bond acceptors (Lipinski definition) is 4. The van der Waals surface area contributed by atoms with E-state index in [2.05, 4.69) is 22.0 Å². The van der Waals surface area contributed by atoms with Gasteiger partial charge < -0.3 is 15.7 Å². The summed E-state index contributed by atoms with van der Waals surface area (Å²) in [6.45, 7) is 1.77. The monoisotopic (exact) mass is 285 g/mol. The van der Waals surface area contributed by atoms with Gasteiger partial charge in [-0.2, -0.15) is 0 Å². The number of pyridine rings is 1. The van der Waals surface area contributed by atoms with E-state index in [1.165, 1.54) is 23.9 Å². The molecule has 2 heterocycles. The van der Waals surface area contributed by atoms with Crippen LogP contribution in [0.2, 0.25) is 0 Å². The maximum atomic E-state index is 9.36. The summed E-state index contributed by atoms with van der Waals surface area (Å²) in [4.78, 5) is 6.97. The van der Waals surface area contributed by atoms with Crippen LogP contribution < -0.4 is 10.6 Å². The summed E-state index contributed by atoms with van der Waals surface area (Å²) in [5, 5.41) is 10.5. The summed E-state index contributed by atoms with van der Waals surface area (Å²) in [5.74, 6) is 0. The van der Waals surface area contributed by atoms with Crippen LogP contribution in [0.4, 0.5) is 5.69 Å². The molecule has 4 nitrogen and oxygen atoms in total. The number of benzene rings is 1. The standard InChI is InChI=1S/C17H23N3O/c18-11-13-12-19-16-7-2-1-6-15(16)17(13)20-9-4-3-5-14(20)8-10-21/h1-2,6-7,12,14,21H,3-5,8-11,18H2. The molecule has 3 N–H and O–H groups in total. The zero-order valence-corrected chi connectivity index (χ0v) is 12.3. The maximum absolute atomic E-state index is 9.36. The minimum absolute atomic E-state index is 0.238. The number of aliphatic hydroxyl groups is 1. The van der Waals surface area contributed by atoms with Gasteiger partial charge in [-0.3, -0.25) is 4.98 Å². The first kappa shape index (κ1) is 14.3. The average molecular weight is 285 g/mol. The first-order valence-electron chi connectivity index (χ1n) is 7.79. The Balaban J connectivity index is 2.12. The largest absolute Gasteiger partial charge is 0.396 e. The minimum Gasteiger partial charge on any atom is -0.396 e. The quantitative estimate of drug-likeness (QED) is 0.905. The van der Waals surface area contributed by atoms with Gasteiger partial charge in [-0.05, 0) is 31.7 Å². The van der Waals surface area contributed by atoms with E-state index in [1.807, 2.05) is 18.3 Å². The lowest BCUT2D eigenvalue weighted by molar-refractivity contribution is 0.262. The van der Waals surface area contributed by atoms with Gasteiger partial charge in [0.25, 0.3) is 0 Å². The smallest absolute Gasteiger partial charge is 0.0723 e. The van der Waals surface area contributed by atoms with E-state index in [0.717, 1.165) is 30.5 Å². The zero-order chi connectivity index (χ0) is 14.7. The average Bonchev–Trinajstić information content (AvgIpc) is 2.55. The summed E-state index contributed by atoms with van der Waals surface area (Å²) >= 11 is 0. The topological polar surface area (TPSA) is 62.4 Å². The minimum atomic E-state index is 0.238. The SMILES string of the molecule is NCc1cnc2ccccc2c1N1CCCCC1CCO. The highest BCUT2D eigenvalue weighted by atomic mass is 16.3. The fraction of sp³-hybridized carbons (Fsp3) is 0.471. The molecule has 0 saturated carbocycles. The lowest BCUT2D eigenvalue weighted by Gasteiger charge is -2.39. The number of nitrogens with two attached hydrogens (primary N) is 1. The van der Waals surface area contributed by atoms with E-state index in [4.69, 9.17) is 5.73 Å². The molecule has 21 heavy (non-hydrogen) atoms. The van der Waals surface area contributed by atoms with Crippen molar-refractivity contribution >= 4 is 16.6 Å². The van der Waals surface area contributed by atoms with Crippen LogP contribution in [0.1, 0.15) is 31.2 Å². The molecule has 4 heteroatoms. The third-order valence-electron chi connectivity index (χ3n) is 4.42. The highest BCUT2D eigenvalue weighted by Crippen LogP contribution is 2.34. The molecule has 1 aliphatic rings. The number of nitrogens with zero attached hydrogens (tertiary/aromatic N) is 2.